The van der Waals surface area contributed by atoms with Crippen molar-refractivity contribution >= 4 is 37.5 Å². The van der Waals surface area contributed by atoms with Crippen LogP contribution in [-0.2, 0) is 12.4 Å². The standard InChI is InChI=1S/C15H9Br2F6N/c1-6-2-9(14(18,19)20)7(3-11(6)16)8-4-12(17)13(24)5-10(8)15(21,22)23/h2-5H,24H2,1H3. The quantitative estimate of drug-likeness (QED) is 0.355. The van der Waals surface area contributed by atoms with Crippen LogP contribution in [0.3, 0.4) is 0 Å². The summed E-state index contributed by atoms with van der Waals surface area (Å²) in [5, 5.41) is 0. The SMILES string of the molecule is Cc1cc(C(F)(F)F)c(-c2cc(Br)c(N)cc2C(F)(F)F)cc1Br. The van der Waals surface area contributed by atoms with Crippen LogP contribution < -0.4 is 5.73 Å². The zero-order chi connectivity index (χ0) is 18.4. The van der Waals surface area contributed by atoms with Crippen LogP contribution in [0.1, 0.15) is 16.7 Å². The van der Waals surface area contributed by atoms with Gasteiger partial charge in [-0.25, -0.2) is 0 Å². The van der Waals surface area contributed by atoms with Crippen molar-refractivity contribution in [2.75, 3.05) is 5.73 Å². The Morgan fingerprint density at radius 2 is 1.17 bits per heavy atom. The third kappa shape index (κ3) is 3.72. The van der Waals surface area contributed by atoms with Gasteiger partial charge in [0.05, 0.1) is 11.1 Å². The van der Waals surface area contributed by atoms with Crippen LogP contribution in [0.4, 0.5) is 32.0 Å². The fourth-order valence-corrected chi connectivity index (χ4v) is 2.87. The first-order chi connectivity index (χ1) is 10.8. The third-order valence-corrected chi connectivity index (χ3v) is 4.88. The first-order valence-corrected chi connectivity index (χ1v) is 7.95. The molecule has 2 aromatic carbocycles. The monoisotopic (exact) mass is 475 g/mol. The van der Waals surface area contributed by atoms with Gasteiger partial charge in [0.1, 0.15) is 0 Å². The number of rotatable bonds is 1. The number of nitrogen functional groups attached to an aromatic ring is 1. The summed E-state index contributed by atoms with van der Waals surface area (Å²) in [5.74, 6) is 0. The lowest BCUT2D eigenvalue weighted by atomic mass is 9.93. The van der Waals surface area contributed by atoms with E-state index in [4.69, 9.17) is 5.73 Å². The molecule has 0 aliphatic carbocycles. The maximum Gasteiger partial charge on any atom is 0.417 e. The largest absolute Gasteiger partial charge is 0.417 e. The number of hydrogen-bond donors (Lipinski definition) is 1. The lowest BCUT2D eigenvalue weighted by molar-refractivity contribution is -0.139. The Morgan fingerprint density at radius 1 is 0.750 bits per heavy atom. The topological polar surface area (TPSA) is 26.0 Å². The van der Waals surface area contributed by atoms with Crippen LogP contribution in [-0.4, -0.2) is 0 Å². The van der Waals surface area contributed by atoms with Gasteiger partial charge in [-0.3, -0.25) is 0 Å². The van der Waals surface area contributed by atoms with E-state index < -0.39 is 34.6 Å². The van der Waals surface area contributed by atoms with E-state index in [0.29, 0.717) is 6.07 Å². The van der Waals surface area contributed by atoms with Gasteiger partial charge in [0, 0.05) is 14.6 Å². The van der Waals surface area contributed by atoms with E-state index in [-0.39, 0.29) is 20.2 Å². The number of aryl methyl sites for hydroxylation is 1. The van der Waals surface area contributed by atoms with Crippen molar-refractivity contribution < 1.29 is 26.3 Å². The van der Waals surface area contributed by atoms with Crippen molar-refractivity contribution in [3.63, 3.8) is 0 Å². The second-order valence-corrected chi connectivity index (χ2v) is 6.77. The average molecular weight is 477 g/mol. The van der Waals surface area contributed by atoms with Gasteiger partial charge in [-0.05, 0) is 63.8 Å². The molecule has 0 heterocycles. The second-order valence-electron chi connectivity index (χ2n) is 5.06. The molecule has 130 valence electrons. The summed E-state index contributed by atoms with van der Waals surface area (Å²) in [4.78, 5) is 0. The van der Waals surface area contributed by atoms with Crippen molar-refractivity contribution in [1.29, 1.82) is 0 Å². The molecular weight excluding hydrogens is 468 g/mol. The highest BCUT2D eigenvalue weighted by Crippen LogP contribution is 2.46. The minimum atomic E-state index is -4.86. The maximum atomic E-state index is 13.3. The highest BCUT2D eigenvalue weighted by molar-refractivity contribution is 9.11. The molecule has 0 aromatic heterocycles. The van der Waals surface area contributed by atoms with Crippen LogP contribution in [0.2, 0.25) is 0 Å². The Morgan fingerprint density at radius 3 is 1.62 bits per heavy atom. The molecule has 0 saturated carbocycles. The summed E-state index contributed by atoms with van der Waals surface area (Å²) in [6, 6.07) is 3.41. The van der Waals surface area contributed by atoms with Crippen molar-refractivity contribution in [3.05, 3.63) is 49.9 Å². The molecule has 0 aliphatic rings. The van der Waals surface area contributed by atoms with Gasteiger partial charge in [-0.15, -0.1) is 0 Å². The molecule has 0 fully saturated rings. The summed E-state index contributed by atoms with van der Waals surface area (Å²) in [6.45, 7) is 1.42. The Bertz CT molecular complexity index is 729. The molecule has 0 spiro atoms. The molecule has 1 nitrogen and oxygen atoms in total. The number of nitrogens with two attached hydrogens (primary N) is 1. The molecule has 9 heteroatoms. The molecule has 0 saturated heterocycles. The number of halogens is 8. The van der Waals surface area contributed by atoms with E-state index in [9.17, 15) is 26.3 Å². The fraction of sp³-hybridized carbons (Fsp3) is 0.200. The molecule has 0 amide bonds. The molecule has 24 heavy (non-hydrogen) atoms. The number of benzene rings is 2. The van der Waals surface area contributed by atoms with E-state index in [0.717, 1.165) is 18.2 Å². The Labute approximate surface area is 150 Å². The summed E-state index contributed by atoms with van der Waals surface area (Å²) < 4.78 is 80.2. The van der Waals surface area contributed by atoms with E-state index in [1.54, 1.807) is 0 Å². The molecular formula is C15H9Br2F6N. The van der Waals surface area contributed by atoms with Crippen LogP contribution in [0.25, 0.3) is 11.1 Å². The van der Waals surface area contributed by atoms with Crippen molar-refractivity contribution in [2.24, 2.45) is 0 Å². The summed E-state index contributed by atoms with van der Waals surface area (Å²) in [7, 11) is 0. The number of alkyl halides is 6. The zero-order valence-electron chi connectivity index (χ0n) is 11.9. The van der Waals surface area contributed by atoms with Gasteiger partial charge in [-0.2, -0.15) is 26.3 Å². The molecule has 2 aromatic rings. The summed E-state index contributed by atoms with van der Waals surface area (Å²) in [5.41, 5.74) is 1.95. The summed E-state index contributed by atoms with van der Waals surface area (Å²) >= 11 is 6.03. The van der Waals surface area contributed by atoms with E-state index >= 15 is 0 Å². The molecule has 0 radical (unpaired) electrons. The average Bonchev–Trinajstić information content (AvgIpc) is 2.41. The third-order valence-electron chi connectivity index (χ3n) is 3.34. The molecule has 0 atom stereocenters. The van der Waals surface area contributed by atoms with Gasteiger partial charge in [0.2, 0.25) is 0 Å². The van der Waals surface area contributed by atoms with Gasteiger partial charge in [0.25, 0.3) is 0 Å². The Kier molecular flexibility index (Phi) is 4.98. The predicted molar refractivity (Wildman–Crippen MR) is 86.4 cm³/mol. The van der Waals surface area contributed by atoms with Gasteiger partial charge in [-0.1, -0.05) is 15.9 Å². The number of hydrogen-bond acceptors (Lipinski definition) is 1. The lowest BCUT2D eigenvalue weighted by Crippen LogP contribution is -2.12. The molecule has 2 N–H and O–H groups in total. The second kappa shape index (κ2) is 6.25. The maximum absolute atomic E-state index is 13.3. The van der Waals surface area contributed by atoms with Crippen molar-refractivity contribution in [3.8, 4) is 11.1 Å². The smallest absolute Gasteiger partial charge is 0.398 e. The molecule has 2 rings (SSSR count). The van der Waals surface area contributed by atoms with Gasteiger partial charge >= 0.3 is 12.4 Å². The molecule has 0 unspecified atom stereocenters. The van der Waals surface area contributed by atoms with Crippen LogP contribution >= 0.6 is 31.9 Å². The Hall–Kier alpha value is -1.22. The van der Waals surface area contributed by atoms with Crippen LogP contribution in [0.5, 0.6) is 0 Å². The lowest BCUT2D eigenvalue weighted by Gasteiger charge is -2.20. The zero-order valence-corrected chi connectivity index (χ0v) is 15.1. The van der Waals surface area contributed by atoms with Crippen LogP contribution in [0, 0.1) is 6.92 Å². The van der Waals surface area contributed by atoms with E-state index in [2.05, 4.69) is 31.9 Å². The Balaban J connectivity index is 2.91. The van der Waals surface area contributed by atoms with E-state index in [1.807, 2.05) is 0 Å². The minimum absolute atomic E-state index is 0.0790. The normalized spacial score (nSPS) is 12.5. The highest BCUT2D eigenvalue weighted by Gasteiger charge is 2.39. The number of anilines is 1. The minimum Gasteiger partial charge on any atom is -0.398 e. The molecule has 0 bridgehead atoms. The van der Waals surface area contributed by atoms with Gasteiger partial charge in [0.15, 0.2) is 0 Å². The highest BCUT2D eigenvalue weighted by atomic mass is 79.9. The first kappa shape index (κ1) is 19.1. The first-order valence-electron chi connectivity index (χ1n) is 6.36. The predicted octanol–water partition coefficient (Wildman–Crippen LogP) is 6.81. The van der Waals surface area contributed by atoms with E-state index in [1.165, 1.54) is 6.92 Å². The van der Waals surface area contributed by atoms with Crippen molar-refractivity contribution in [2.45, 2.75) is 19.3 Å². The van der Waals surface area contributed by atoms with Gasteiger partial charge < -0.3 is 5.73 Å². The van der Waals surface area contributed by atoms with Crippen molar-refractivity contribution in [1.82, 2.24) is 0 Å². The molecule has 0 aliphatic heterocycles. The van der Waals surface area contributed by atoms with Crippen LogP contribution in [0.15, 0.2) is 33.2 Å². The fourth-order valence-electron chi connectivity index (χ4n) is 2.19. The summed E-state index contributed by atoms with van der Waals surface area (Å²) in [6.07, 6.45) is -9.66.